The summed E-state index contributed by atoms with van der Waals surface area (Å²) in [6.45, 7) is 2.19. The third kappa shape index (κ3) is 5.01. The van der Waals surface area contributed by atoms with Crippen molar-refractivity contribution in [3.05, 3.63) is 47.8 Å². The summed E-state index contributed by atoms with van der Waals surface area (Å²) in [5.41, 5.74) is -0.234. The van der Waals surface area contributed by atoms with Crippen molar-refractivity contribution < 1.29 is 18.0 Å². The van der Waals surface area contributed by atoms with Gasteiger partial charge in [0.15, 0.2) is 5.69 Å². The fourth-order valence-corrected chi connectivity index (χ4v) is 3.27. The number of piperidine rings is 1. The zero-order chi connectivity index (χ0) is 18.7. The highest BCUT2D eigenvalue weighted by molar-refractivity contribution is 5.92. The number of alkyl halides is 3. The Hall–Kier alpha value is -2.06. The van der Waals surface area contributed by atoms with Gasteiger partial charge >= 0.3 is 6.18 Å². The summed E-state index contributed by atoms with van der Waals surface area (Å²) in [5.74, 6) is 0.222. The highest BCUT2D eigenvalue weighted by Gasteiger charge is 2.31. The Bertz CT molecular complexity index is 776. The van der Waals surface area contributed by atoms with E-state index in [1.807, 2.05) is 7.05 Å². The highest BCUT2D eigenvalue weighted by Crippen LogP contribution is 2.30. The Morgan fingerprint density at radius 3 is 2.81 bits per heavy atom. The van der Waals surface area contributed by atoms with E-state index in [4.69, 9.17) is 0 Å². The molecule has 0 spiro atoms. The second-order valence-corrected chi connectivity index (χ2v) is 6.51. The van der Waals surface area contributed by atoms with Crippen LogP contribution in [0.15, 0.2) is 36.5 Å². The first-order valence-corrected chi connectivity index (χ1v) is 8.55. The number of nitrogens with zero attached hydrogens (tertiary/aromatic N) is 3. The molecule has 5 nitrogen and oxygen atoms in total. The predicted octanol–water partition coefficient (Wildman–Crippen LogP) is 3.38. The summed E-state index contributed by atoms with van der Waals surface area (Å²) in [4.78, 5) is 14.4. The summed E-state index contributed by atoms with van der Waals surface area (Å²) in [6, 6.07) is 6.43. The van der Waals surface area contributed by atoms with Crippen molar-refractivity contribution in [3.8, 4) is 5.69 Å². The molecule has 2 heterocycles. The number of nitrogens with one attached hydrogen (secondary N) is 1. The molecule has 2 aromatic rings. The normalized spacial score (nSPS) is 17.5. The van der Waals surface area contributed by atoms with Gasteiger partial charge in [0.1, 0.15) is 0 Å². The fourth-order valence-electron chi connectivity index (χ4n) is 3.27. The van der Waals surface area contributed by atoms with Gasteiger partial charge in [0, 0.05) is 19.3 Å². The van der Waals surface area contributed by atoms with Crippen LogP contribution in [-0.2, 0) is 6.18 Å². The second kappa shape index (κ2) is 8.75. The summed E-state index contributed by atoms with van der Waals surface area (Å²) in [6.07, 6.45) is -0.897. The average Bonchev–Trinajstić information content (AvgIpc) is 3.11. The molecule has 0 saturated carbocycles. The van der Waals surface area contributed by atoms with Crippen molar-refractivity contribution >= 4 is 18.3 Å². The smallest absolute Gasteiger partial charge is 0.337 e. The first-order chi connectivity index (χ1) is 12.4. The lowest BCUT2D eigenvalue weighted by Gasteiger charge is -2.32. The van der Waals surface area contributed by atoms with Crippen LogP contribution in [0.4, 0.5) is 13.2 Å². The number of halogens is 4. The Morgan fingerprint density at radius 1 is 1.33 bits per heavy atom. The molecule has 3 rings (SSSR count). The lowest BCUT2D eigenvalue weighted by Crippen LogP contribution is -2.42. The SMILES string of the molecule is CNCC1CCCN(C(=O)c2ccn(-c3cccc(C(F)(F)F)c3)n2)C1.Cl. The maximum absolute atomic E-state index is 12.9. The van der Waals surface area contributed by atoms with E-state index >= 15 is 0 Å². The molecule has 148 valence electrons. The van der Waals surface area contributed by atoms with Crippen molar-refractivity contribution in [2.24, 2.45) is 5.92 Å². The van der Waals surface area contributed by atoms with Crippen molar-refractivity contribution in [2.45, 2.75) is 19.0 Å². The molecule has 1 aromatic heterocycles. The van der Waals surface area contributed by atoms with Crippen molar-refractivity contribution in [1.82, 2.24) is 20.0 Å². The molecule has 0 bridgehead atoms. The monoisotopic (exact) mass is 402 g/mol. The van der Waals surface area contributed by atoms with Gasteiger partial charge in [-0.05, 0) is 56.6 Å². The third-order valence-electron chi connectivity index (χ3n) is 4.55. The Balaban J connectivity index is 0.00000261. The van der Waals surface area contributed by atoms with E-state index in [1.165, 1.54) is 23.0 Å². The van der Waals surface area contributed by atoms with Crippen molar-refractivity contribution in [2.75, 3.05) is 26.7 Å². The number of aromatic nitrogens is 2. The van der Waals surface area contributed by atoms with E-state index in [0.717, 1.165) is 31.5 Å². The number of benzene rings is 1. The Kier molecular flexibility index (Phi) is 6.89. The van der Waals surface area contributed by atoms with E-state index < -0.39 is 11.7 Å². The Labute approximate surface area is 161 Å². The number of rotatable bonds is 4. The number of carbonyl (C=O) groups is 1. The van der Waals surface area contributed by atoms with E-state index in [-0.39, 0.29) is 29.7 Å². The summed E-state index contributed by atoms with van der Waals surface area (Å²) >= 11 is 0. The van der Waals surface area contributed by atoms with Crippen LogP contribution in [0.25, 0.3) is 5.69 Å². The largest absolute Gasteiger partial charge is 0.416 e. The highest BCUT2D eigenvalue weighted by atomic mass is 35.5. The fraction of sp³-hybridized carbons (Fsp3) is 0.444. The zero-order valence-corrected chi connectivity index (χ0v) is 15.7. The molecule has 9 heteroatoms. The van der Waals surface area contributed by atoms with Gasteiger partial charge in [0.25, 0.3) is 5.91 Å². The lowest BCUT2D eigenvalue weighted by atomic mass is 9.98. The van der Waals surface area contributed by atoms with Gasteiger partial charge in [-0.3, -0.25) is 4.79 Å². The quantitative estimate of drug-likeness (QED) is 0.853. The number of amides is 1. The van der Waals surface area contributed by atoms with E-state index in [2.05, 4.69) is 10.4 Å². The maximum atomic E-state index is 12.9. The molecule has 1 N–H and O–H groups in total. The van der Waals surface area contributed by atoms with E-state index in [9.17, 15) is 18.0 Å². The standard InChI is InChI=1S/C18H21F3N4O.ClH/c1-22-11-13-4-3-8-24(12-13)17(26)16-7-9-25(23-16)15-6-2-5-14(10-15)18(19,20)21;/h2,5-7,9-10,13,22H,3-4,8,11-12H2,1H3;1H. The van der Waals surface area contributed by atoms with Crippen LogP contribution < -0.4 is 5.32 Å². The van der Waals surface area contributed by atoms with Crippen LogP contribution in [0.2, 0.25) is 0 Å². The predicted molar refractivity (Wildman–Crippen MR) is 98.4 cm³/mol. The molecule has 1 unspecified atom stereocenters. The minimum absolute atomic E-state index is 0. The van der Waals surface area contributed by atoms with Gasteiger partial charge in [-0.15, -0.1) is 12.4 Å². The van der Waals surface area contributed by atoms with Crippen LogP contribution in [0.1, 0.15) is 28.9 Å². The van der Waals surface area contributed by atoms with Gasteiger partial charge in [-0.2, -0.15) is 18.3 Å². The minimum atomic E-state index is -4.42. The number of hydrogen-bond acceptors (Lipinski definition) is 3. The van der Waals surface area contributed by atoms with E-state index in [0.29, 0.717) is 19.0 Å². The molecular weight excluding hydrogens is 381 g/mol. The van der Waals surface area contributed by atoms with Gasteiger partial charge < -0.3 is 10.2 Å². The number of hydrogen-bond donors (Lipinski definition) is 1. The molecule has 1 fully saturated rings. The topological polar surface area (TPSA) is 50.2 Å². The number of likely N-dealkylation sites (tertiary alicyclic amines) is 1. The molecule has 1 aliphatic rings. The average molecular weight is 403 g/mol. The summed E-state index contributed by atoms with van der Waals surface area (Å²) < 4.78 is 39.9. The molecule has 1 aromatic carbocycles. The molecular formula is C18H22ClF3N4O. The van der Waals surface area contributed by atoms with Crippen LogP contribution in [0.3, 0.4) is 0 Å². The molecule has 0 radical (unpaired) electrons. The van der Waals surface area contributed by atoms with Gasteiger partial charge in [-0.1, -0.05) is 6.07 Å². The van der Waals surface area contributed by atoms with Crippen LogP contribution >= 0.6 is 12.4 Å². The van der Waals surface area contributed by atoms with Crippen LogP contribution in [0, 0.1) is 5.92 Å². The van der Waals surface area contributed by atoms with Gasteiger partial charge in [-0.25, -0.2) is 4.68 Å². The molecule has 0 aliphatic carbocycles. The molecule has 1 amide bonds. The molecule has 1 aliphatic heterocycles. The summed E-state index contributed by atoms with van der Waals surface area (Å²) in [7, 11) is 1.89. The maximum Gasteiger partial charge on any atom is 0.416 e. The van der Waals surface area contributed by atoms with Crippen LogP contribution in [0.5, 0.6) is 0 Å². The minimum Gasteiger partial charge on any atom is -0.337 e. The second-order valence-electron chi connectivity index (χ2n) is 6.51. The Morgan fingerprint density at radius 2 is 2.11 bits per heavy atom. The van der Waals surface area contributed by atoms with E-state index in [1.54, 1.807) is 11.0 Å². The van der Waals surface area contributed by atoms with Crippen molar-refractivity contribution in [1.29, 1.82) is 0 Å². The molecule has 1 saturated heterocycles. The molecule has 1 atom stereocenters. The van der Waals surface area contributed by atoms with Crippen LogP contribution in [-0.4, -0.2) is 47.3 Å². The van der Waals surface area contributed by atoms with Crippen molar-refractivity contribution in [3.63, 3.8) is 0 Å². The molecule has 27 heavy (non-hydrogen) atoms. The lowest BCUT2D eigenvalue weighted by molar-refractivity contribution is -0.137. The zero-order valence-electron chi connectivity index (χ0n) is 14.9. The summed E-state index contributed by atoms with van der Waals surface area (Å²) in [5, 5.41) is 7.32. The third-order valence-corrected chi connectivity index (χ3v) is 4.55. The number of carbonyl (C=O) groups excluding carboxylic acids is 1. The van der Waals surface area contributed by atoms with Gasteiger partial charge in [0.2, 0.25) is 0 Å². The first kappa shape index (κ1) is 21.2. The first-order valence-electron chi connectivity index (χ1n) is 8.55. The van der Waals surface area contributed by atoms with Gasteiger partial charge in [0.05, 0.1) is 11.3 Å².